The lowest BCUT2D eigenvalue weighted by Crippen LogP contribution is -2.13. The monoisotopic (exact) mass is 418 g/mol. The third-order valence-electron chi connectivity index (χ3n) is 4.76. The zero-order chi connectivity index (χ0) is 19.7. The van der Waals surface area contributed by atoms with Crippen LogP contribution in [0.3, 0.4) is 0 Å². The molecule has 2 heterocycles. The molecule has 0 radical (unpaired) electrons. The van der Waals surface area contributed by atoms with E-state index in [0.717, 1.165) is 38.1 Å². The second kappa shape index (κ2) is 7.89. The fourth-order valence-corrected chi connectivity index (χ4v) is 3.59. The van der Waals surface area contributed by atoms with Crippen molar-refractivity contribution < 1.29 is 9.18 Å². The summed E-state index contributed by atoms with van der Waals surface area (Å²) in [6, 6.07) is 9.04. The Balaban J connectivity index is 1.64. The molecule has 8 heteroatoms. The lowest BCUT2D eigenvalue weighted by atomic mass is 10.1. The van der Waals surface area contributed by atoms with Crippen molar-refractivity contribution in [1.29, 1.82) is 0 Å². The van der Waals surface area contributed by atoms with E-state index < -0.39 is 11.7 Å². The number of fused-ring (bicyclic) bond motifs is 1. The van der Waals surface area contributed by atoms with Crippen molar-refractivity contribution >= 4 is 34.8 Å². The molecule has 0 saturated heterocycles. The van der Waals surface area contributed by atoms with Gasteiger partial charge in [0.15, 0.2) is 5.82 Å². The van der Waals surface area contributed by atoms with Gasteiger partial charge in [-0.1, -0.05) is 29.6 Å². The maximum atomic E-state index is 14.3. The summed E-state index contributed by atoms with van der Waals surface area (Å²) in [6.45, 7) is 0.833. The molecule has 0 aliphatic carbocycles. The number of aryl methyl sites for hydroxylation is 1. The Morgan fingerprint density at radius 2 is 1.89 bits per heavy atom. The maximum absolute atomic E-state index is 14.3. The Bertz CT molecular complexity index is 1050. The standard InChI is InChI=1S/C20H17Cl2FN4O/c21-14-7-5-13(10-15(14)22)20(28)24-17-11-12(6-8-16(17)23)19-26-25-18-4-2-1-3-9-27(18)19/h5-8,10-11H,1-4,9H2,(H,24,28). The molecule has 1 amide bonds. The van der Waals surface area contributed by atoms with Gasteiger partial charge in [0.1, 0.15) is 11.6 Å². The summed E-state index contributed by atoms with van der Waals surface area (Å²) in [5, 5.41) is 11.8. The third-order valence-corrected chi connectivity index (χ3v) is 5.50. The molecular weight excluding hydrogens is 402 g/mol. The smallest absolute Gasteiger partial charge is 0.255 e. The zero-order valence-electron chi connectivity index (χ0n) is 14.9. The van der Waals surface area contributed by atoms with Crippen molar-refractivity contribution in [3.8, 4) is 11.4 Å². The van der Waals surface area contributed by atoms with Gasteiger partial charge in [-0.05, 0) is 49.2 Å². The molecule has 1 aromatic heterocycles. The third kappa shape index (κ3) is 3.75. The van der Waals surface area contributed by atoms with Crippen molar-refractivity contribution in [3.63, 3.8) is 0 Å². The molecule has 4 rings (SSSR count). The fourth-order valence-electron chi connectivity index (χ4n) is 3.29. The number of halogens is 3. The molecule has 0 atom stereocenters. The predicted molar refractivity (Wildman–Crippen MR) is 107 cm³/mol. The van der Waals surface area contributed by atoms with Gasteiger partial charge < -0.3 is 9.88 Å². The molecule has 1 aliphatic heterocycles. The van der Waals surface area contributed by atoms with E-state index in [4.69, 9.17) is 23.2 Å². The quantitative estimate of drug-likeness (QED) is 0.621. The Kier molecular flexibility index (Phi) is 5.33. The minimum absolute atomic E-state index is 0.0690. The number of nitrogens with zero attached hydrogens (tertiary/aromatic N) is 3. The average molecular weight is 419 g/mol. The number of benzene rings is 2. The van der Waals surface area contributed by atoms with Crippen LogP contribution in [-0.2, 0) is 13.0 Å². The molecule has 0 unspecified atom stereocenters. The Hall–Kier alpha value is -2.44. The molecule has 3 aromatic rings. The van der Waals surface area contributed by atoms with Gasteiger partial charge in [0.25, 0.3) is 5.91 Å². The molecule has 0 saturated carbocycles. The summed E-state index contributed by atoms with van der Waals surface area (Å²) < 4.78 is 16.4. The first-order valence-corrected chi connectivity index (χ1v) is 9.77. The molecule has 5 nitrogen and oxygen atoms in total. The summed E-state index contributed by atoms with van der Waals surface area (Å²) in [4.78, 5) is 12.5. The van der Waals surface area contributed by atoms with E-state index in [1.54, 1.807) is 12.1 Å². The number of hydrogen-bond donors (Lipinski definition) is 1. The fraction of sp³-hybridized carbons (Fsp3) is 0.250. The first kappa shape index (κ1) is 18.9. The van der Waals surface area contributed by atoms with E-state index in [-0.39, 0.29) is 16.3 Å². The number of aromatic nitrogens is 3. The predicted octanol–water partition coefficient (Wildman–Crippen LogP) is 5.37. The van der Waals surface area contributed by atoms with Gasteiger partial charge in [0, 0.05) is 24.1 Å². The van der Waals surface area contributed by atoms with Crippen LogP contribution in [0.1, 0.15) is 35.4 Å². The van der Waals surface area contributed by atoms with Gasteiger partial charge in [-0.2, -0.15) is 0 Å². The van der Waals surface area contributed by atoms with Crippen LogP contribution in [0, 0.1) is 5.82 Å². The Morgan fingerprint density at radius 1 is 1.04 bits per heavy atom. The largest absolute Gasteiger partial charge is 0.319 e. The number of nitrogens with one attached hydrogen (secondary N) is 1. The van der Waals surface area contributed by atoms with E-state index in [1.807, 2.05) is 0 Å². The van der Waals surface area contributed by atoms with Gasteiger partial charge in [-0.25, -0.2) is 4.39 Å². The molecule has 1 N–H and O–H groups in total. The van der Waals surface area contributed by atoms with Gasteiger partial charge in [-0.15, -0.1) is 10.2 Å². The molecular formula is C20H17Cl2FN4O. The topological polar surface area (TPSA) is 59.8 Å². The SMILES string of the molecule is O=C(Nc1cc(-c2nnc3n2CCCCC3)ccc1F)c1ccc(Cl)c(Cl)c1. The molecule has 28 heavy (non-hydrogen) atoms. The molecule has 2 aromatic carbocycles. The summed E-state index contributed by atoms with van der Waals surface area (Å²) in [7, 11) is 0. The molecule has 0 spiro atoms. The number of rotatable bonds is 3. The van der Waals surface area contributed by atoms with Gasteiger partial charge >= 0.3 is 0 Å². The van der Waals surface area contributed by atoms with Gasteiger partial charge in [0.2, 0.25) is 0 Å². The number of hydrogen-bond acceptors (Lipinski definition) is 3. The van der Waals surface area contributed by atoms with Crippen molar-refractivity contribution in [3.05, 3.63) is 63.6 Å². The van der Waals surface area contributed by atoms with Crippen LogP contribution in [0.25, 0.3) is 11.4 Å². The van der Waals surface area contributed by atoms with E-state index in [9.17, 15) is 9.18 Å². The molecule has 1 aliphatic rings. The van der Waals surface area contributed by atoms with Crippen LogP contribution >= 0.6 is 23.2 Å². The highest BCUT2D eigenvalue weighted by Crippen LogP contribution is 2.28. The summed E-state index contributed by atoms with van der Waals surface area (Å²) in [5.74, 6) is 0.614. The number of anilines is 1. The van der Waals surface area contributed by atoms with Crippen molar-refractivity contribution in [2.45, 2.75) is 32.2 Å². The lowest BCUT2D eigenvalue weighted by Gasteiger charge is -2.11. The van der Waals surface area contributed by atoms with E-state index >= 15 is 0 Å². The second-order valence-corrected chi connectivity index (χ2v) is 7.49. The maximum Gasteiger partial charge on any atom is 0.255 e. The summed E-state index contributed by atoms with van der Waals surface area (Å²) >= 11 is 11.8. The van der Waals surface area contributed by atoms with Crippen LogP contribution in [0.15, 0.2) is 36.4 Å². The lowest BCUT2D eigenvalue weighted by molar-refractivity contribution is 0.102. The Labute approximate surface area is 171 Å². The highest BCUT2D eigenvalue weighted by Gasteiger charge is 2.18. The minimum Gasteiger partial charge on any atom is -0.319 e. The van der Waals surface area contributed by atoms with E-state index in [0.29, 0.717) is 16.4 Å². The first-order valence-electron chi connectivity index (χ1n) is 9.01. The summed E-state index contributed by atoms with van der Waals surface area (Å²) in [6.07, 6.45) is 4.18. The zero-order valence-corrected chi connectivity index (χ0v) is 16.4. The number of amides is 1. The van der Waals surface area contributed by atoms with Gasteiger partial charge in [0.05, 0.1) is 15.7 Å². The molecule has 0 fully saturated rings. The highest BCUT2D eigenvalue weighted by atomic mass is 35.5. The first-order chi connectivity index (χ1) is 13.5. The van der Waals surface area contributed by atoms with Crippen LogP contribution in [0.2, 0.25) is 10.0 Å². The normalized spacial score (nSPS) is 13.7. The molecule has 144 valence electrons. The van der Waals surface area contributed by atoms with Crippen LogP contribution in [0.4, 0.5) is 10.1 Å². The number of carbonyl (C=O) groups excluding carboxylic acids is 1. The van der Waals surface area contributed by atoms with Crippen LogP contribution < -0.4 is 5.32 Å². The van der Waals surface area contributed by atoms with Crippen molar-refractivity contribution in [1.82, 2.24) is 14.8 Å². The highest BCUT2D eigenvalue weighted by molar-refractivity contribution is 6.42. The van der Waals surface area contributed by atoms with Crippen LogP contribution in [-0.4, -0.2) is 20.7 Å². The average Bonchev–Trinajstić information content (AvgIpc) is 2.94. The number of carbonyl (C=O) groups is 1. The summed E-state index contributed by atoms with van der Waals surface area (Å²) in [5.41, 5.74) is 1.06. The van der Waals surface area contributed by atoms with Gasteiger partial charge in [-0.3, -0.25) is 4.79 Å². The van der Waals surface area contributed by atoms with Crippen LogP contribution in [0.5, 0.6) is 0 Å². The van der Waals surface area contributed by atoms with Crippen molar-refractivity contribution in [2.24, 2.45) is 0 Å². The van der Waals surface area contributed by atoms with Crippen molar-refractivity contribution in [2.75, 3.05) is 5.32 Å². The minimum atomic E-state index is -0.534. The second-order valence-electron chi connectivity index (χ2n) is 6.68. The van der Waals surface area contributed by atoms with E-state index in [2.05, 4.69) is 20.1 Å². The Morgan fingerprint density at radius 3 is 2.71 bits per heavy atom. The molecule has 0 bridgehead atoms. The van der Waals surface area contributed by atoms with E-state index in [1.165, 1.54) is 24.3 Å².